The summed E-state index contributed by atoms with van der Waals surface area (Å²) in [6.45, 7) is 1.43. The monoisotopic (exact) mass is 372 g/mol. The standard InChI is InChI=1S/C17H16N6O2.ClH/c1-25-12-4-2-3-11-14(12)21-17(23-8-7-19-15(11)23)22-16(24)10-5-6-13(18)20-9-10;/h2-6,9,19H,7-8H2,1H3,(H2,18,20);1H. The van der Waals surface area contributed by atoms with E-state index in [0.717, 1.165) is 17.7 Å². The van der Waals surface area contributed by atoms with Crippen molar-refractivity contribution in [3.05, 3.63) is 47.7 Å². The number of halogens is 1. The minimum absolute atomic E-state index is 0. The first-order valence-electron chi connectivity index (χ1n) is 7.79. The molecule has 4 rings (SSSR count). The van der Waals surface area contributed by atoms with Crippen molar-refractivity contribution >= 4 is 40.9 Å². The first-order valence-corrected chi connectivity index (χ1v) is 7.79. The number of methoxy groups -OCH3 is 1. The van der Waals surface area contributed by atoms with Crippen LogP contribution in [0.3, 0.4) is 0 Å². The lowest BCUT2D eigenvalue weighted by Crippen LogP contribution is -2.25. The Labute approximate surface area is 155 Å². The average molecular weight is 373 g/mol. The number of hydrogen-bond donors (Lipinski definition) is 2. The van der Waals surface area contributed by atoms with E-state index < -0.39 is 5.91 Å². The normalized spacial score (nSPS) is 13.0. The van der Waals surface area contributed by atoms with Crippen molar-refractivity contribution in [2.24, 2.45) is 4.99 Å². The maximum atomic E-state index is 12.5. The number of nitrogens with two attached hydrogens (primary N) is 1. The molecule has 0 spiro atoms. The van der Waals surface area contributed by atoms with Crippen molar-refractivity contribution in [2.45, 2.75) is 6.54 Å². The Morgan fingerprint density at radius 3 is 2.92 bits per heavy atom. The zero-order valence-corrected chi connectivity index (χ0v) is 14.8. The molecule has 9 heteroatoms. The second-order valence-electron chi connectivity index (χ2n) is 5.58. The number of anilines is 2. The van der Waals surface area contributed by atoms with Crippen molar-refractivity contribution in [2.75, 3.05) is 24.7 Å². The molecule has 1 amide bonds. The van der Waals surface area contributed by atoms with Crippen LogP contribution in [0.1, 0.15) is 10.4 Å². The SMILES string of the molecule is COc1cccc2c3n(c(=NC(=O)c4ccc(N)nc4)nc12)CCN3.Cl. The van der Waals surface area contributed by atoms with E-state index in [4.69, 9.17) is 10.5 Å². The highest BCUT2D eigenvalue weighted by molar-refractivity contribution is 5.96. The summed E-state index contributed by atoms with van der Waals surface area (Å²) in [6.07, 6.45) is 1.41. The summed E-state index contributed by atoms with van der Waals surface area (Å²) in [4.78, 5) is 25.2. The summed E-state index contributed by atoms with van der Waals surface area (Å²) in [5.41, 5.74) is 6.91. The van der Waals surface area contributed by atoms with Crippen LogP contribution < -0.4 is 21.4 Å². The van der Waals surface area contributed by atoms with Crippen LogP contribution in [0.4, 0.5) is 11.6 Å². The third kappa shape index (κ3) is 2.95. The van der Waals surface area contributed by atoms with Gasteiger partial charge in [-0.1, -0.05) is 6.07 Å². The van der Waals surface area contributed by atoms with Crippen LogP contribution in [0.15, 0.2) is 41.5 Å². The fourth-order valence-corrected chi connectivity index (χ4v) is 2.86. The van der Waals surface area contributed by atoms with E-state index in [2.05, 4.69) is 20.3 Å². The number of benzene rings is 1. The highest BCUT2D eigenvalue weighted by atomic mass is 35.5. The molecule has 3 N–H and O–H groups in total. The van der Waals surface area contributed by atoms with Gasteiger partial charge in [0.05, 0.1) is 12.7 Å². The maximum Gasteiger partial charge on any atom is 0.281 e. The minimum atomic E-state index is -0.421. The molecule has 0 atom stereocenters. The minimum Gasteiger partial charge on any atom is -0.494 e. The molecule has 1 aromatic carbocycles. The molecule has 1 aliphatic heterocycles. The van der Waals surface area contributed by atoms with Crippen LogP contribution in [0, 0.1) is 0 Å². The Balaban J connectivity index is 0.00000196. The van der Waals surface area contributed by atoms with E-state index in [1.807, 2.05) is 22.8 Å². The number of ether oxygens (including phenoxy) is 1. The first kappa shape index (κ1) is 17.7. The molecule has 3 aromatic rings. The molecule has 0 saturated carbocycles. The van der Waals surface area contributed by atoms with Crippen LogP contribution >= 0.6 is 12.4 Å². The van der Waals surface area contributed by atoms with Crippen molar-refractivity contribution in [1.82, 2.24) is 14.5 Å². The van der Waals surface area contributed by atoms with Gasteiger partial charge in [-0.25, -0.2) is 9.97 Å². The van der Waals surface area contributed by atoms with Crippen LogP contribution in [-0.4, -0.2) is 34.1 Å². The van der Waals surface area contributed by atoms with Gasteiger partial charge < -0.3 is 15.8 Å². The third-order valence-corrected chi connectivity index (χ3v) is 4.06. The number of nitrogen functional groups attached to an aromatic ring is 1. The molecule has 0 aliphatic carbocycles. The van der Waals surface area contributed by atoms with E-state index in [-0.39, 0.29) is 12.4 Å². The highest BCUT2D eigenvalue weighted by Gasteiger charge is 2.18. The molecule has 0 bridgehead atoms. The van der Waals surface area contributed by atoms with E-state index in [0.29, 0.717) is 34.8 Å². The van der Waals surface area contributed by atoms with Crippen LogP contribution in [0.5, 0.6) is 5.75 Å². The number of hydrogen-bond acceptors (Lipinski definition) is 6. The largest absolute Gasteiger partial charge is 0.494 e. The Hall–Kier alpha value is -3.13. The molecule has 2 aromatic heterocycles. The van der Waals surface area contributed by atoms with E-state index in [9.17, 15) is 4.79 Å². The Morgan fingerprint density at radius 1 is 1.35 bits per heavy atom. The van der Waals surface area contributed by atoms with Gasteiger partial charge in [0.2, 0.25) is 5.62 Å². The van der Waals surface area contributed by atoms with Gasteiger partial charge in [0.1, 0.15) is 22.9 Å². The number of amides is 1. The quantitative estimate of drug-likeness (QED) is 0.707. The second kappa shape index (κ2) is 7.01. The van der Waals surface area contributed by atoms with Gasteiger partial charge in [-0.15, -0.1) is 12.4 Å². The van der Waals surface area contributed by atoms with Gasteiger partial charge in [-0.2, -0.15) is 4.99 Å². The lowest BCUT2D eigenvalue weighted by molar-refractivity contribution is 0.0996. The number of pyridine rings is 1. The molecule has 0 radical (unpaired) electrons. The summed E-state index contributed by atoms with van der Waals surface area (Å²) in [7, 11) is 1.59. The Morgan fingerprint density at radius 2 is 2.19 bits per heavy atom. The molecule has 134 valence electrons. The number of fused-ring (bicyclic) bond motifs is 3. The molecular weight excluding hydrogens is 356 g/mol. The molecule has 0 fully saturated rings. The second-order valence-corrected chi connectivity index (χ2v) is 5.58. The fourth-order valence-electron chi connectivity index (χ4n) is 2.86. The first-order chi connectivity index (χ1) is 12.2. The average Bonchev–Trinajstić information content (AvgIpc) is 3.12. The number of para-hydroxylation sites is 1. The summed E-state index contributed by atoms with van der Waals surface area (Å²) in [5.74, 6) is 1.44. The summed E-state index contributed by atoms with van der Waals surface area (Å²) in [6, 6.07) is 8.87. The summed E-state index contributed by atoms with van der Waals surface area (Å²) >= 11 is 0. The Bertz CT molecular complexity index is 1050. The number of nitrogens with zero attached hydrogens (tertiary/aromatic N) is 4. The van der Waals surface area contributed by atoms with E-state index in [1.165, 1.54) is 6.20 Å². The van der Waals surface area contributed by atoms with Gasteiger partial charge in [0.15, 0.2) is 0 Å². The van der Waals surface area contributed by atoms with Crippen LogP contribution in [-0.2, 0) is 6.54 Å². The molecule has 8 nitrogen and oxygen atoms in total. The molecular formula is C17H17ClN6O2. The van der Waals surface area contributed by atoms with Gasteiger partial charge in [0, 0.05) is 24.7 Å². The third-order valence-electron chi connectivity index (χ3n) is 4.06. The van der Waals surface area contributed by atoms with Crippen molar-refractivity contribution in [3.8, 4) is 5.75 Å². The summed E-state index contributed by atoms with van der Waals surface area (Å²) < 4.78 is 7.29. The summed E-state index contributed by atoms with van der Waals surface area (Å²) in [5, 5.41) is 4.25. The predicted octanol–water partition coefficient (Wildman–Crippen LogP) is 1.61. The lowest BCUT2D eigenvalue weighted by atomic mass is 10.2. The van der Waals surface area contributed by atoms with Gasteiger partial charge in [-0.3, -0.25) is 9.36 Å². The van der Waals surface area contributed by atoms with Crippen molar-refractivity contribution < 1.29 is 9.53 Å². The number of carbonyl (C=O) groups excluding carboxylic acids is 1. The number of carbonyl (C=O) groups is 1. The lowest BCUT2D eigenvalue weighted by Gasteiger charge is -2.10. The fraction of sp³-hybridized carbons (Fsp3) is 0.176. The zero-order valence-electron chi connectivity index (χ0n) is 14.0. The highest BCUT2D eigenvalue weighted by Crippen LogP contribution is 2.29. The number of nitrogens with one attached hydrogen (secondary N) is 1. The molecule has 3 heterocycles. The van der Waals surface area contributed by atoms with E-state index >= 15 is 0 Å². The molecule has 0 unspecified atom stereocenters. The van der Waals surface area contributed by atoms with Crippen molar-refractivity contribution in [1.29, 1.82) is 0 Å². The topological polar surface area (TPSA) is 107 Å². The van der Waals surface area contributed by atoms with Gasteiger partial charge in [-0.05, 0) is 24.3 Å². The smallest absolute Gasteiger partial charge is 0.281 e. The number of aromatic nitrogens is 3. The number of rotatable bonds is 2. The zero-order chi connectivity index (χ0) is 17.4. The van der Waals surface area contributed by atoms with Gasteiger partial charge in [0.25, 0.3) is 5.91 Å². The molecule has 26 heavy (non-hydrogen) atoms. The van der Waals surface area contributed by atoms with Crippen LogP contribution in [0.2, 0.25) is 0 Å². The van der Waals surface area contributed by atoms with Gasteiger partial charge >= 0.3 is 0 Å². The molecule has 1 aliphatic rings. The predicted molar refractivity (Wildman–Crippen MR) is 101 cm³/mol. The Kier molecular flexibility index (Phi) is 4.77. The van der Waals surface area contributed by atoms with Crippen LogP contribution in [0.25, 0.3) is 10.9 Å². The van der Waals surface area contributed by atoms with Crippen molar-refractivity contribution in [3.63, 3.8) is 0 Å². The molecule has 0 saturated heterocycles. The maximum absolute atomic E-state index is 12.5. The van der Waals surface area contributed by atoms with E-state index in [1.54, 1.807) is 19.2 Å².